The SMILES string of the molecule is CCNC(=NCc1ccc(C)c(F)c1)NCCn1cccc1. The molecule has 1 aromatic carbocycles. The average Bonchev–Trinajstić information content (AvgIpc) is 3.01. The van der Waals surface area contributed by atoms with Crippen molar-refractivity contribution in [3.05, 3.63) is 59.7 Å². The summed E-state index contributed by atoms with van der Waals surface area (Å²) in [5, 5.41) is 6.47. The maximum absolute atomic E-state index is 13.5. The fourth-order valence-electron chi connectivity index (χ4n) is 2.07. The van der Waals surface area contributed by atoms with Gasteiger partial charge in [-0.05, 0) is 43.2 Å². The van der Waals surface area contributed by atoms with Gasteiger partial charge in [0.25, 0.3) is 0 Å². The van der Waals surface area contributed by atoms with E-state index in [-0.39, 0.29) is 5.82 Å². The normalized spacial score (nSPS) is 11.5. The summed E-state index contributed by atoms with van der Waals surface area (Å²) in [7, 11) is 0. The first kappa shape index (κ1) is 16.1. The number of aliphatic imine (C=N–C) groups is 1. The van der Waals surface area contributed by atoms with E-state index in [1.54, 1.807) is 19.1 Å². The van der Waals surface area contributed by atoms with Gasteiger partial charge in [0.2, 0.25) is 0 Å². The highest BCUT2D eigenvalue weighted by molar-refractivity contribution is 5.79. The molecule has 118 valence electrons. The Morgan fingerprint density at radius 1 is 1.23 bits per heavy atom. The first-order chi connectivity index (χ1) is 10.7. The van der Waals surface area contributed by atoms with Gasteiger partial charge in [-0.2, -0.15) is 0 Å². The lowest BCUT2D eigenvalue weighted by atomic mass is 10.1. The number of halogens is 1. The third-order valence-electron chi connectivity index (χ3n) is 3.33. The van der Waals surface area contributed by atoms with E-state index < -0.39 is 0 Å². The van der Waals surface area contributed by atoms with Crippen molar-refractivity contribution in [3.63, 3.8) is 0 Å². The molecule has 2 aromatic rings. The highest BCUT2D eigenvalue weighted by Crippen LogP contribution is 2.09. The lowest BCUT2D eigenvalue weighted by molar-refractivity contribution is 0.616. The van der Waals surface area contributed by atoms with Gasteiger partial charge in [0, 0.05) is 32.0 Å². The summed E-state index contributed by atoms with van der Waals surface area (Å²) >= 11 is 0. The van der Waals surface area contributed by atoms with Crippen molar-refractivity contribution in [1.29, 1.82) is 0 Å². The molecule has 0 fully saturated rings. The lowest BCUT2D eigenvalue weighted by Crippen LogP contribution is -2.38. The molecule has 1 aromatic heterocycles. The van der Waals surface area contributed by atoms with Crippen molar-refractivity contribution in [2.75, 3.05) is 13.1 Å². The molecule has 0 aliphatic heterocycles. The largest absolute Gasteiger partial charge is 0.357 e. The number of guanidine groups is 1. The fraction of sp³-hybridized carbons (Fsp3) is 0.353. The number of nitrogens with zero attached hydrogens (tertiary/aromatic N) is 2. The molecule has 0 spiro atoms. The van der Waals surface area contributed by atoms with Gasteiger partial charge in [-0.1, -0.05) is 12.1 Å². The van der Waals surface area contributed by atoms with Crippen molar-refractivity contribution in [1.82, 2.24) is 15.2 Å². The average molecular weight is 302 g/mol. The zero-order chi connectivity index (χ0) is 15.8. The van der Waals surface area contributed by atoms with Gasteiger partial charge in [0.1, 0.15) is 5.82 Å². The monoisotopic (exact) mass is 302 g/mol. The van der Waals surface area contributed by atoms with Crippen LogP contribution in [0.15, 0.2) is 47.7 Å². The van der Waals surface area contributed by atoms with Gasteiger partial charge in [-0.25, -0.2) is 9.38 Å². The molecule has 0 aliphatic rings. The van der Waals surface area contributed by atoms with E-state index in [2.05, 4.69) is 20.2 Å². The zero-order valence-electron chi connectivity index (χ0n) is 13.1. The van der Waals surface area contributed by atoms with Crippen molar-refractivity contribution < 1.29 is 4.39 Å². The molecule has 0 amide bonds. The summed E-state index contributed by atoms with van der Waals surface area (Å²) in [6.45, 7) is 6.68. The number of rotatable bonds is 6. The second-order valence-corrected chi connectivity index (χ2v) is 5.13. The maximum atomic E-state index is 13.5. The molecule has 1 heterocycles. The number of aryl methyl sites for hydroxylation is 1. The van der Waals surface area contributed by atoms with Crippen LogP contribution in [0.1, 0.15) is 18.1 Å². The number of hydrogen-bond acceptors (Lipinski definition) is 1. The highest BCUT2D eigenvalue weighted by Gasteiger charge is 2.01. The number of nitrogens with one attached hydrogen (secondary N) is 2. The van der Waals surface area contributed by atoms with Crippen LogP contribution in [0.5, 0.6) is 0 Å². The van der Waals surface area contributed by atoms with Crippen molar-refractivity contribution in [3.8, 4) is 0 Å². The molecule has 0 bridgehead atoms. The van der Waals surface area contributed by atoms with E-state index in [0.717, 1.165) is 31.2 Å². The minimum atomic E-state index is -0.182. The van der Waals surface area contributed by atoms with Gasteiger partial charge in [-0.3, -0.25) is 0 Å². The molecule has 2 rings (SSSR count). The summed E-state index contributed by atoms with van der Waals surface area (Å²) < 4.78 is 15.6. The molecule has 4 nitrogen and oxygen atoms in total. The van der Waals surface area contributed by atoms with Gasteiger partial charge in [0.15, 0.2) is 5.96 Å². The van der Waals surface area contributed by atoms with Crippen molar-refractivity contribution >= 4 is 5.96 Å². The molecule has 0 saturated carbocycles. The third kappa shape index (κ3) is 4.91. The second kappa shape index (κ2) is 8.22. The van der Waals surface area contributed by atoms with Gasteiger partial charge in [-0.15, -0.1) is 0 Å². The molecule has 2 N–H and O–H groups in total. The Kier molecular flexibility index (Phi) is 6.01. The Labute approximate surface area is 131 Å². The molecule has 0 radical (unpaired) electrons. The Morgan fingerprint density at radius 2 is 2.00 bits per heavy atom. The van der Waals surface area contributed by atoms with Crippen LogP contribution in [0.2, 0.25) is 0 Å². The minimum absolute atomic E-state index is 0.182. The number of aromatic nitrogens is 1. The van der Waals surface area contributed by atoms with E-state index in [4.69, 9.17) is 0 Å². The molecule has 0 aliphatic carbocycles. The van der Waals surface area contributed by atoms with Gasteiger partial charge < -0.3 is 15.2 Å². The molecule has 0 unspecified atom stereocenters. The van der Waals surface area contributed by atoms with Crippen LogP contribution in [0.4, 0.5) is 4.39 Å². The highest BCUT2D eigenvalue weighted by atomic mass is 19.1. The smallest absolute Gasteiger partial charge is 0.191 e. The summed E-state index contributed by atoms with van der Waals surface area (Å²) in [5.74, 6) is 0.564. The molecular weight excluding hydrogens is 279 g/mol. The van der Waals surface area contributed by atoms with Gasteiger partial charge in [0.05, 0.1) is 6.54 Å². The van der Waals surface area contributed by atoms with Crippen molar-refractivity contribution in [2.24, 2.45) is 4.99 Å². The summed E-state index contributed by atoms with van der Waals surface area (Å²) in [6.07, 6.45) is 4.06. The van der Waals surface area contributed by atoms with Crippen LogP contribution >= 0.6 is 0 Å². The Balaban J connectivity index is 1.89. The quantitative estimate of drug-likeness (QED) is 0.636. The van der Waals surface area contributed by atoms with Crippen molar-refractivity contribution in [2.45, 2.75) is 26.9 Å². The standard InChI is InChI=1S/C17H23FN4/c1-3-19-17(20-8-11-22-9-4-5-10-22)21-13-15-7-6-14(2)16(18)12-15/h4-7,9-10,12H,3,8,11,13H2,1-2H3,(H2,19,20,21). The van der Waals surface area contributed by atoms with Crippen LogP contribution in [0.25, 0.3) is 0 Å². The third-order valence-corrected chi connectivity index (χ3v) is 3.33. The van der Waals surface area contributed by atoms with Crippen LogP contribution in [0, 0.1) is 12.7 Å². The Hall–Kier alpha value is -2.30. The first-order valence-electron chi connectivity index (χ1n) is 7.57. The Bertz CT molecular complexity index is 605. The van der Waals surface area contributed by atoms with E-state index in [0.29, 0.717) is 12.1 Å². The predicted molar refractivity (Wildman–Crippen MR) is 88.4 cm³/mol. The predicted octanol–water partition coefficient (Wildman–Crippen LogP) is 2.69. The molecule has 22 heavy (non-hydrogen) atoms. The summed E-state index contributed by atoms with van der Waals surface area (Å²) in [6, 6.07) is 9.25. The topological polar surface area (TPSA) is 41.4 Å². The molecule has 5 heteroatoms. The number of benzene rings is 1. The molecular formula is C17H23FN4. The van der Waals surface area contributed by atoms with E-state index in [1.807, 2.05) is 37.5 Å². The van der Waals surface area contributed by atoms with Crippen LogP contribution in [-0.2, 0) is 13.1 Å². The molecule has 0 saturated heterocycles. The zero-order valence-corrected chi connectivity index (χ0v) is 13.1. The minimum Gasteiger partial charge on any atom is -0.357 e. The lowest BCUT2D eigenvalue weighted by Gasteiger charge is -2.12. The van der Waals surface area contributed by atoms with Crippen LogP contribution in [-0.4, -0.2) is 23.6 Å². The summed E-state index contributed by atoms with van der Waals surface area (Å²) in [5.41, 5.74) is 1.52. The molecule has 0 atom stereocenters. The maximum Gasteiger partial charge on any atom is 0.191 e. The Morgan fingerprint density at radius 3 is 2.68 bits per heavy atom. The first-order valence-corrected chi connectivity index (χ1v) is 7.57. The van der Waals surface area contributed by atoms with E-state index >= 15 is 0 Å². The summed E-state index contributed by atoms with van der Waals surface area (Å²) in [4.78, 5) is 4.49. The van der Waals surface area contributed by atoms with E-state index in [9.17, 15) is 4.39 Å². The van der Waals surface area contributed by atoms with Gasteiger partial charge >= 0.3 is 0 Å². The fourth-order valence-corrected chi connectivity index (χ4v) is 2.07. The van der Waals surface area contributed by atoms with Crippen LogP contribution < -0.4 is 10.6 Å². The van der Waals surface area contributed by atoms with E-state index in [1.165, 1.54) is 0 Å². The van der Waals surface area contributed by atoms with Crippen LogP contribution in [0.3, 0.4) is 0 Å². The number of hydrogen-bond donors (Lipinski definition) is 2. The second-order valence-electron chi connectivity index (χ2n) is 5.13.